The van der Waals surface area contributed by atoms with Crippen molar-refractivity contribution in [3.8, 4) is 0 Å². The lowest BCUT2D eigenvalue weighted by molar-refractivity contribution is -0.384. The molecule has 0 spiro atoms. The Kier molecular flexibility index (Phi) is 4.62. The van der Waals surface area contributed by atoms with E-state index in [0.717, 1.165) is 17.8 Å². The fraction of sp³-hybridized carbons (Fsp3) is 0.588. The van der Waals surface area contributed by atoms with Crippen molar-refractivity contribution in [3.05, 3.63) is 28.3 Å². The highest BCUT2D eigenvalue weighted by atomic mass is 32.1. The molecule has 0 aliphatic heterocycles. The van der Waals surface area contributed by atoms with Crippen LogP contribution in [-0.2, 0) is 0 Å². The number of hydrogen-bond donors (Lipinski definition) is 0. The van der Waals surface area contributed by atoms with Crippen molar-refractivity contribution in [1.29, 1.82) is 0 Å². The molecule has 3 rings (SSSR count). The lowest BCUT2D eigenvalue weighted by atomic mass is 9.70. The molecular weight excluding hydrogens is 324 g/mol. The highest BCUT2D eigenvalue weighted by molar-refractivity contribution is 7.80. The molecule has 1 saturated carbocycles. The summed E-state index contributed by atoms with van der Waals surface area (Å²) in [5, 5.41) is 19.4. The Morgan fingerprint density at radius 1 is 1.42 bits per heavy atom. The predicted molar refractivity (Wildman–Crippen MR) is 97.0 cm³/mol. The van der Waals surface area contributed by atoms with Crippen LogP contribution in [0.3, 0.4) is 0 Å². The first-order valence-corrected chi connectivity index (χ1v) is 8.83. The summed E-state index contributed by atoms with van der Waals surface area (Å²) >= 11 is 5.77. The van der Waals surface area contributed by atoms with Crippen molar-refractivity contribution in [3.63, 3.8) is 0 Å². The van der Waals surface area contributed by atoms with E-state index in [4.69, 9.17) is 12.2 Å². The van der Waals surface area contributed by atoms with Crippen LogP contribution < -0.4 is 0 Å². The molecule has 7 heteroatoms. The van der Waals surface area contributed by atoms with Gasteiger partial charge in [0.1, 0.15) is 16.0 Å². The van der Waals surface area contributed by atoms with Gasteiger partial charge in [0.25, 0.3) is 5.69 Å². The van der Waals surface area contributed by atoms with Crippen molar-refractivity contribution in [1.82, 2.24) is 15.0 Å². The fourth-order valence-electron chi connectivity index (χ4n) is 3.83. The highest BCUT2D eigenvalue weighted by Crippen LogP contribution is 2.39. The van der Waals surface area contributed by atoms with E-state index in [1.54, 1.807) is 10.7 Å². The van der Waals surface area contributed by atoms with Crippen LogP contribution in [0.4, 0.5) is 5.69 Å². The maximum atomic E-state index is 11.1. The number of nitrogens with zero attached hydrogens (tertiary/aromatic N) is 4. The summed E-state index contributed by atoms with van der Waals surface area (Å²) in [4.78, 5) is 11.4. The Hall–Kier alpha value is -1.89. The van der Waals surface area contributed by atoms with E-state index in [1.165, 1.54) is 18.6 Å². The minimum Gasteiger partial charge on any atom is -0.258 e. The van der Waals surface area contributed by atoms with Crippen molar-refractivity contribution >= 4 is 33.9 Å². The third-order valence-electron chi connectivity index (χ3n) is 5.19. The molecule has 1 aromatic heterocycles. The van der Waals surface area contributed by atoms with Crippen LogP contribution in [-0.4, -0.2) is 24.9 Å². The zero-order valence-corrected chi connectivity index (χ0v) is 15.0. The van der Waals surface area contributed by atoms with E-state index in [-0.39, 0.29) is 11.6 Å². The fourth-order valence-corrected chi connectivity index (χ4v) is 4.23. The van der Waals surface area contributed by atoms with E-state index < -0.39 is 4.92 Å². The number of aromatic nitrogens is 3. The average molecular weight is 346 g/mol. The van der Waals surface area contributed by atoms with Gasteiger partial charge in [-0.2, -0.15) is 0 Å². The molecule has 0 radical (unpaired) electrons. The third kappa shape index (κ3) is 3.05. The smallest absolute Gasteiger partial charge is 0.258 e. The molecular formula is C17H22N4O2S. The Balaban J connectivity index is 2.00. The molecule has 1 aliphatic rings. The molecule has 1 aliphatic carbocycles. The van der Waals surface area contributed by atoms with Crippen LogP contribution in [0.25, 0.3) is 11.0 Å². The molecule has 0 amide bonds. The van der Waals surface area contributed by atoms with Gasteiger partial charge in [-0.25, -0.2) is 4.68 Å². The first-order valence-electron chi connectivity index (χ1n) is 8.42. The first-order chi connectivity index (χ1) is 11.4. The standard InChI is InChI=1S/C17H22N4O2S/c1-10(2)13-6-4-11(3)8-14(13)17(24)20-16-9-12(21(22)23)5-7-15(16)18-19-20/h5,7,9-11,13-14H,4,6,8H2,1-3H3/t11-,13+,14-/m1/s1. The number of nitro benzene ring substituents is 1. The van der Waals surface area contributed by atoms with E-state index in [1.807, 2.05) is 0 Å². The average Bonchev–Trinajstić information content (AvgIpc) is 2.96. The maximum Gasteiger partial charge on any atom is 0.271 e. The van der Waals surface area contributed by atoms with Gasteiger partial charge >= 0.3 is 0 Å². The van der Waals surface area contributed by atoms with E-state index in [2.05, 4.69) is 31.1 Å². The van der Waals surface area contributed by atoms with Crippen molar-refractivity contribution in [2.75, 3.05) is 0 Å². The molecule has 128 valence electrons. The van der Waals surface area contributed by atoms with Gasteiger partial charge in [0.05, 0.1) is 4.92 Å². The van der Waals surface area contributed by atoms with Gasteiger partial charge in [-0.05, 0) is 36.7 Å². The van der Waals surface area contributed by atoms with Gasteiger partial charge < -0.3 is 0 Å². The van der Waals surface area contributed by atoms with Gasteiger partial charge in [0.15, 0.2) is 0 Å². The molecule has 0 saturated heterocycles. The molecule has 1 aromatic carbocycles. The molecule has 6 nitrogen and oxygen atoms in total. The zero-order valence-electron chi connectivity index (χ0n) is 14.2. The van der Waals surface area contributed by atoms with Gasteiger partial charge in [0.2, 0.25) is 0 Å². The van der Waals surface area contributed by atoms with Gasteiger partial charge in [-0.15, -0.1) is 5.10 Å². The second-order valence-corrected chi connectivity index (χ2v) is 7.62. The number of rotatable bonds is 3. The molecule has 1 heterocycles. The molecule has 24 heavy (non-hydrogen) atoms. The number of non-ortho nitro benzene ring substituents is 1. The Morgan fingerprint density at radius 3 is 2.83 bits per heavy atom. The van der Waals surface area contributed by atoms with Crippen molar-refractivity contribution in [2.24, 2.45) is 23.7 Å². The SMILES string of the molecule is CC(C)[C@@H]1CC[C@@H](C)C[C@H]1C(=S)n1nnc2ccc([N+](=O)[O-])cc21. The zero-order chi connectivity index (χ0) is 17.4. The minimum absolute atomic E-state index is 0.0336. The van der Waals surface area contributed by atoms with Crippen molar-refractivity contribution in [2.45, 2.75) is 40.0 Å². The summed E-state index contributed by atoms with van der Waals surface area (Å²) in [6, 6.07) is 4.59. The van der Waals surface area contributed by atoms with Crippen molar-refractivity contribution < 1.29 is 4.92 Å². The lowest BCUT2D eigenvalue weighted by Crippen LogP contribution is -2.35. The summed E-state index contributed by atoms with van der Waals surface area (Å²) in [6.07, 6.45) is 3.43. The third-order valence-corrected chi connectivity index (χ3v) is 5.66. The van der Waals surface area contributed by atoms with Crippen LogP contribution in [0.2, 0.25) is 0 Å². The molecule has 1 fully saturated rings. The Labute approximate surface area is 146 Å². The largest absolute Gasteiger partial charge is 0.271 e. The summed E-state index contributed by atoms with van der Waals surface area (Å²) in [7, 11) is 0. The van der Waals surface area contributed by atoms with Gasteiger partial charge in [-0.1, -0.05) is 44.6 Å². The van der Waals surface area contributed by atoms with Gasteiger partial charge in [-0.3, -0.25) is 10.1 Å². The van der Waals surface area contributed by atoms with E-state index >= 15 is 0 Å². The number of fused-ring (bicyclic) bond motifs is 1. The number of benzene rings is 1. The second kappa shape index (κ2) is 6.55. The molecule has 0 unspecified atom stereocenters. The lowest BCUT2D eigenvalue weighted by Gasteiger charge is -2.37. The predicted octanol–water partition coefficient (Wildman–Crippen LogP) is 4.22. The summed E-state index contributed by atoms with van der Waals surface area (Å²) < 4.78 is 1.63. The maximum absolute atomic E-state index is 11.1. The second-order valence-electron chi connectivity index (χ2n) is 7.20. The highest BCUT2D eigenvalue weighted by Gasteiger charge is 2.34. The van der Waals surface area contributed by atoms with Gasteiger partial charge in [0, 0.05) is 18.1 Å². The molecule has 0 N–H and O–H groups in total. The topological polar surface area (TPSA) is 73.8 Å². The van der Waals surface area contributed by atoms with Crippen LogP contribution in [0.5, 0.6) is 0 Å². The number of thiocarbonyl (C=S) groups is 1. The summed E-state index contributed by atoms with van der Waals surface area (Å²) in [5.41, 5.74) is 1.29. The van der Waals surface area contributed by atoms with Crippen LogP contribution in [0.1, 0.15) is 40.0 Å². The normalized spacial score (nSPS) is 24.4. The molecule has 0 bridgehead atoms. The number of nitro groups is 1. The molecule has 2 aromatic rings. The Morgan fingerprint density at radius 2 is 2.17 bits per heavy atom. The van der Waals surface area contributed by atoms with Crippen LogP contribution >= 0.6 is 12.2 Å². The monoisotopic (exact) mass is 346 g/mol. The first kappa shape index (κ1) is 17.0. The number of hydrogen-bond acceptors (Lipinski definition) is 5. The van der Waals surface area contributed by atoms with Crippen LogP contribution in [0.15, 0.2) is 18.2 Å². The summed E-state index contributed by atoms with van der Waals surface area (Å²) in [6.45, 7) is 6.73. The quantitative estimate of drug-likeness (QED) is 0.472. The Bertz CT molecular complexity index is 786. The van der Waals surface area contributed by atoms with E-state index in [0.29, 0.717) is 28.8 Å². The van der Waals surface area contributed by atoms with Crippen LogP contribution in [0, 0.1) is 33.8 Å². The minimum atomic E-state index is -0.403. The molecule has 3 atom stereocenters. The summed E-state index contributed by atoms with van der Waals surface area (Å²) in [5.74, 6) is 1.95. The van der Waals surface area contributed by atoms with E-state index in [9.17, 15) is 10.1 Å².